The molecule has 2 heterocycles. The van der Waals surface area contributed by atoms with E-state index >= 15 is 0 Å². The van der Waals surface area contributed by atoms with Gasteiger partial charge in [0.25, 0.3) is 0 Å². The SMILES string of the molecule is O=C(CCCCCCO/N=C1/C(c2c(O)[nH]c3ccccc23)=Nc2ccccc21)NO. The van der Waals surface area contributed by atoms with Crippen molar-refractivity contribution in [1.82, 2.24) is 10.5 Å². The van der Waals surface area contributed by atoms with Crippen molar-refractivity contribution in [3.8, 4) is 5.88 Å². The van der Waals surface area contributed by atoms with Crippen LogP contribution >= 0.6 is 0 Å². The summed E-state index contributed by atoms with van der Waals surface area (Å²) in [5.74, 6) is -0.317. The molecular weight excluding hydrogens is 396 g/mol. The molecule has 1 aliphatic heterocycles. The summed E-state index contributed by atoms with van der Waals surface area (Å²) in [6.45, 7) is 0.436. The third-order valence-electron chi connectivity index (χ3n) is 5.21. The molecular formula is C23H24N4O4. The Balaban J connectivity index is 1.47. The Bertz CT molecular complexity index is 1150. The van der Waals surface area contributed by atoms with Gasteiger partial charge in [-0.05, 0) is 31.4 Å². The van der Waals surface area contributed by atoms with E-state index in [9.17, 15) is 9.90 Å². The molecule has 1 aromatic heterocycles. The highest BCUT2D eigenvalue weighted by Crippen LogP contribution is 2.35. The van der Waals surface area contributed by atoms with Gasteiger partial charge in [-0.3, -0.25) is 10.0 Å². The summed E-state index contributed by atoms with van der Waals surface area (Å²) in [6.07, 6.45) is 3.58. The van der Waals surface area contributed by atoms with Crippen LogP contribution in [0.15, 0.2) is 58.7 Å². The van der Waals surface area contributed by atoms with Crippen molar-refractivity contribution < 1.29 is 19.9 Å². The van der Waals surface area contributed by atoms with Gasteiger partial charge in [-0.2, -0.15) is 0 Å². The number of carbonyl (C=O) groups is 1. The van der Waals surface area contributed by atoms with E-state index in [0.717, 1.165) is 41.4 Å². The number of hydrogen-bond acceptors (Lipinski definition) is 6. The van der Waals surface area contributed by atoms with E-state index < -0.39 is 0 Å². The van der Waals surface area contributed by atoms with E-state index in [2.05, 4.69) is 10.1 Å². The molecule has 1 amide bonds. The van der Waals surface area contributed by atoms with Crippen LogP contribution in [-0.4, -0.2) is 39.2 Å². The Labute approximate surface area is 179 Å². The molecule has 0 radical (unpaired) electrons. The Kier molecular flexibility index (Phi) is 6.28. The number of hydrogen-bond donors (Lipinski definition) is 4. The van der Waals surface area contributed by atoms with Crippen LogP contribution in [0.2, 0.25) is 0 Å². The summed E-state index contributed by atoms with van der Waals surface area (Å²) in [4.78, 5) is 24.3. The van der Waals surface area contributed by atoms with Crippen molar-refractivity contribution in [2.45, 2.75) is 32.1 Å². The second kappa shape index (κ2) is 9.44. The molecule has 4 rings (SSSR count). The quantitative estimate of drug-likeness (QED) is 0.236. The topological polar surface area (TPSA) is 119 Å². The fraction of sp³-hybridized carbons (Fsp3) is 0.261. The number of amides is 1. The molecule has 0 spiro atoms. The van der Waals surface area contributed by atoms with Crippen LogP contribution in [-0.2, 0) is 9.63 Å². The van der Waals surface area contributed by atoms with Gasteiger partial charge in [-0.1, -0.05) is 48.0 Å². The number of aromatic amines is 1. The lowest BCUT2D eigenvalue weighted by atomic mass is 10.0. The molecule has 0 saturated carbocycles. The number of aliphatic imine (C=N–C) groups is 1. The number of hydroxylamine groups is 1. The molecule has 4 N–H and O–H groups in total. The molecule has 0 fully saturated rings. The maximum atomic E-state index is 11.0. The van der Waals surface area contributed by atoms with Crippen molar-refractivity contribution in [2.75, 3.05) is 6.61 Å². The van der Waals surface area contributed by atoms with Crippen LogP contribution in [0.25, 0.3) is 10.9 Å². The number of benzene rings is 2. The van der Waals surface area contributed by atoms with Crippen LogP contribution in [0.5, 0.6) is 5.88 Å². The maximum absolute atomic E-state index is 11.0. The first kappa shape index (κ1) is 20.6. The Morgan fingerprint density at radius 1 is 1.06 bits per heavy atom. The van der Waals surface area contributed by atoms with Crippen LogP contribution in [0, 0.1) is 0 Å². The van der Waals surface area contributed by atoms with Gasteiger partial charge in [-0.15, -0.1) is 0 Å². The lowest BCUT2D eigenvalue weighted by molar-refractivity contribution is -0.129. The van der Waals surface area contributed by atoms with E-state index in [1.807, 2.05) is 48.5 Å². The number of nitrogens with one attached hydrogen (secondary N) is 2. The zero-order valence-corrected chi connectivity index (χ0v) is 17.0. The minimum atomic E-state index is -0.366. The first-order valence-corrected chi connectivity index (χ1v) is 10.3. The summed E-state index contributed by atoms with van der Waals surface area (Å²) in [7, 11) is 0. The molecule has 160 valence electrons. The van der Waals surface area contributed by atoms with Crippen LogP contribution in [0.1, 0.15) is 43.2 Å². The average Bonchev–Trinajstić information content (AvgIpc) is 3.31. The van der Waals surface area contributed by atoms with Gasteiger partial charge in [-0.25, -0.2) is 10.5 Å². The predicted octanol–water partition coefficient (Wildman–Crippen LogP) is 4.18. The highest BCUT2D eigenvalue weighted by molar-refractivity contribution is 6.58. The number of oxime groups is 1. The van der Waals surface area contributed by atoms with Crippen LogP contribution < -0.4 is 5.48 Å². The fourth-order valence-corrected chi connectivity index (χ4v) is 3.68. The molecule has 0 saturated heterocycles. The number of aromatic hydroxyl groups is 1. The van der Waals surface area contributed by atoms with Crippen molar-refractivity contribution in [2.24, 2.45) is 10.1 Å². The van der Waals surface area contributed by atoms with Crippen LogP contribution in [0.4, 0.5) is 5.69 Å². The maximum Gasteiger partial charge on any atom is 0.243 e. The third kappa shape index (κ3) is 4.44. The Morgan fingerprint density at radius 3 is 2.71 bits per heavy atom. The molecule has 0 unspecified atom stereocenters. The van der Waals surface area contributed by atoms with E-state index in [0.29, 0.717) is 36.4 Å². The third-order valence-corrected chi connectivity index (χ3v) is 5.21. The van der Waals surface area contributed by atoms with Gasteiger partial charge < -0.3 is 14.9 Å². The van der Waals surface area contributed by atoms with Crippen molar-refractivity contribution in [3.63, 3.8) is 0 Å². The molecule has 1 aliphatic rings. The standard InChI is InChI=1S/C23H24N4O4/c28-19(26-30)13-3-1-2-8-14-31-27-21-16-10-5-7-12-18(16)24-22(21)20-15-9-4-6-11-17(15)25-23(20)29/h4-7,9-12,25,29-30H,1-3,8,13-14H2,(H,26,28)/b27-21+. The first-order chi connectivity index (χ1) is 15.2. The number of para-hydroxylation sites is 2. The molecule has 8 nitrogen and oxygen atoms in total. The lowest BCUT2D eigenvalue weighted by Gasteiger charge is -2.05. The summed E-state index contributed by atoms with van der Waals surface area (Å²) < 4.78 is 0. The molecule has 0 aliphatic carbocycles. The number of nitrogens with zero attached hydrogens (tertiary/aromatic N) is 2. The highest BCUT2D eigenvalue weighted by Gasteiger charge is 2.29. The number of aromatic nitrogens is 1. The monoisotopic (exact) mass is 420 g/mol. The number of fused-ring (bicyclic) bond motifs is 2. The largest absolute Gasteiger partial charge is 0.494 e. The van der Waals surface area contributed by atoms with E-state index in [1.54, 1.807) is 5.48 Å². The molecule has 2 aromatic carbocycles. The van der Waals surface area contributed by atoms with Gasteiger partial charge >= 0.3 is 0 Å². The van der Waals surface area contributed by atoms with Gasteiger partial charge in [0, 0.05) is 22.9 Å². The van der Waals surface area contributed by atoms with Crippen LogP contribution in [0.3, 0.4) is 0 Å². The summed E-state index contributed by atoms with van der Waals surface area (Å²) >= 11 is 0. The second-order valence-electron chi connectivity index (χ2n) is 7.34. The van der Waals surface area contributed by atoms with Crippen molar-refractivity contribution >= 4 is 33.9 Å². The minimum Gasteiger partial charge on any atom is -0.494 e. The zero-order valence-electron chi connectivity index (χ0n) is 17.0. The summed E-state index contributed by atoms with van der Waals surface area (Å²) in [5, 5.41) is 24.3. The minimum absolute atomic E-state index is 0.0485. The lowest BCUT2D eigenvalue weighted by Crippen LogP contribution is -2.17. The number of H-pyrrole nitrogens is 1. The van der Waals surface area contributed by atoms with Crippen molar-refractivity contribution in [3.05, 3.63) is 59.7 Å². The number of carbonyl (C=O) groups excluding carboxylic acids is 1. The normalized spacial score (nSPS) is 14.0. The predicted molar refractivity (Wildman–Crippen MR) is 118 cm³/mol. The molecule has 0 bridgehead atoms. The molecule has 8 heteroatoms. The smallest absolute Gasteiger partial charge is 0.243 e. The first-order valence-electron chi connectivity index (χ1n) is 10.3. The molecule has 3 aromatic rings. The van der Waals surface area contributed by atoms with Gasteiger partial charge in [0.2, 0.25) is 5.91 Å². The second-order valence-corrected chi connectivity index (χ2v) is 7.34. The number of unbranched alkanes of at least 4 members (excludes halogenated alkanes) is 3. The fourth-order valence-electron chi connectivity index (χ4n) is 3.68. The number of rotatable bonds is 9. The van der Waals surface area contributed by atoms with Gasteiger partial charge in [0.15, 0.2) is 5.88 Å². The Morgan fingerprint density at radius 2 is 1.84 bits per heavy atom. The Hall–Kier alpha value is -3.65. The van der Waals surface area contributed by atoms with E-state index in [4.69, 9.17) is 15.0 Å². The average molecular weight is 420 g/mol. The van der Waals surface area contributed by atoms with E-state index in [-0.39, 0.29) is 11.8 Å². The van der Waals surface area contributed by atoms with Gasteiger partial charge in [0.1, 0.15) is 18.0 Å². The molecule has 0 atom stereocenters. The zero-order chi connectivity index (χ0) is 21.6. The summed E-state index contributed by atoms with van der Waals surface area (Å²) in [5.41, 5.74) is 5.87. The molecule has 31 heavy (non-hydrogen) atoms. The van der Waals surface area contributed by atoms with Gasteiger partial charge in [0.05, 0.1) is 11.3 Å². The highest BCUT2D eigenvalue weighted by atomic mass is 16.6. The summed E-state index contributed by atoms with van der Waals surface area (Å²) in [6, 6.07) is 15.3. The van der Waals surface area contributed by atoms with E-state index in [1.165, 1.54) is 0 Å². The van der Waals surface area contributed by atoms with Crippen molar-refractivity contribution in [1.29, 1.82) is 0 Å².